The van der Waals surface area contributed by atoms with Crippen LogP contribution in [0.5, 0.6) is 0 Å². The lowest BCUT2D eigenvalue weighted by atomic mass is 10.2. The molecule has 112 valence electrons. The van der Waals surface area contributed by atoms with Gasteiger partial charge < -0.3 is 14.9 Å². The predicted molar refractivity (Wildman–Crippen MR) is 82.0 cm³/mol. The van der Waals surface area contributed by atoms with Crippen LogP contribution in [0.3, 0.4) is 0 Å². The monoisotopic (exact) mass is 326 g/mol. The number of aromatic carboxylic acids is 1. The summed E-state index contributed by atoms with van der Waals surface area (Å²) in [5.41, 5.74) is 2.16. The summed E-state index contributed by atoms with van der Waals surface area (Å²) in [6.07, 6.45) is 0. The number of thioether (sulfide) groups is 1. The lowest BCUT2D eigenvalue weighted by molar-refractivity contribution is -0.113. The molecule has 0 fully saturated rings. The molecule has 0 aliphatic carbocycles. The Hall–Kier alpha value is -1.80. The van der Waals surface area contributed by atoms with Crippen LogP contribution in [-0.4, -0.2) is 27.9 Å². The van der Waals surface area contributed by atoms with Crippen LogP contribution in [0, 0.1) is 13.8 Å². The normalized spacial score (nSPS) is 10.6. The Balaban J connectivity index is 1.85. The third-order valence-corrected chi connectivity index (χ3v) is 4.66. The number of hydrogen-bond acceptors (Lipinski definition) is 6. The van der Waals surface area contributed by atoms with Crippen molar-refractivity contribution in [2.45, 2.75) is 19.6 Å². The molecule has 0 aromatic carbocycles. The highest BCUT2D eigenvalue weighted by Crippen LogP contribution is 2.23. The summed E-state index contributed by atoms with van der Waals surface area (Å²) < 4.78 is 5.05. The Labute approximate surface area is 129 Å². The minimum absolute atomic E-state index is 0.138. The van der Waals surface area contributed by atoms with Gasteiger partial charge in [0.05, 0.1) is 17.1 Å². The molecule has 21 heavy (non-hydrogen) atoms. The minimum atomic E-state index is -1.04. The molecular formula is C13H14N2O4S2. The van der Waals surface area contributed by atoms with Gasteiger partial charge in [0.25, 0.3) is 0 Å². The van der Waals surface area contributed by atoms with Gasteiger partial charge in [0.2, 0.25) is 5.91 Å². The second-order valence-electron chi connectivity index (χ2n) is 4.31. The van der Waals surface area contributed by atoms with Crippen LogP contribution >= 0.6 is 23.1 Å². The molecule has 0 saturated heterocycles. The lowest BCUT2D eigenvalue weighted by Crippen LogP contribution is -2.15. The highest BCUT2D eigenvalue weighted by molar-refractivity contribution is 7.99. The van der Waals surface area contributed by atoms with Gasteiger partial charge in [-0.2, -0.15) is 0 Å². The number of rotatable bonds is 6. The van der Waals surface area contributed by atoms with Gasteiger partial charge >= 0.3 is 5.97 Å². The van der Waals surface area contributed by atoms with Crippen molar-refractivity contribution in [1.29, 1.82) is 0 Å². The van der Waals surface area contributed by atoms with Crippen molar-refractivity contribution in [1.82, 2.24) is 5.16 Å². The fourth-order valence-corrected chi connectivity index (χ4v) is 3.38. The molecular weight excluding hydrogens is 312 g/mol. The van der Waals surface area contributed by atoms with Crippen molar-refractivity contribution in [3.63, 3.8) is 0 Å². The van der Waals surface area contributed by atoms with E-state index < -0.39 is 5.97 Å². The quantitative estimate of drug-likeness (QED) is 0.848. The van der Waals surface area contributed by atoms with E-state index in [1.54, 1.807) is 11.4 Å². The average Bonchev–Trinajstić information content (AvgIpc) is 2.99. The number of anilines is 1. The zero-order chi connectivity index (χ0) is 15.4. The molecule has 0 radical (unpaired) electrons. The van der Waals surface area contributed by atoms with Crippen molar-refractivity contribution >= 4 is 40.7 Å². The first kappa shape index (κ1) is 15.6. The number of hydrogen-bond donors (Lipinski definition) is 2. The number of thiophene rings is 1. The van der Waals surface area contributed by atoms with Crippen LogP contribution in [0.25, 0.3) is 0 Å². The van der Waals surface area contributed by atoms with Crippen molar-refractivity contribution < 1.29 is 19.2 Å². The summed E-state index contributed by atoms with van der Waals surface area (Å²) in [6.45, 7) is 3.69. The van der Waals surface area contributed by atoms with Crippen molar-refractivity contribution in [2.75, 3.05) is 11.1 Å². The van der Waals surface area contributed by atoms with Crippen LogP contribution < -0.4 is 5.32 Å². The third-order valence-electron chi connectivity index (χ3n) is 2.79. The predicted octanol–water partition coefficient (Wildman–Crippen LogP) is 2.92. The van der Waals surface area contributed by atoms with Gasteiger partial charge in [0, 0.05) is 11.3 Å². The zero-order valence-corrected chi connectivity index (χ0v) is 13.1. The Kier molecular flexibility index (Phi) is 5.03. The summed E-state index contributed by atoms with van der Waals surface area (Å²) in [5.74, 6) is 0.353. The molecule has 8 heteroatoms. The largest absolute Gasteiger partial charge is 0.477 e. The number of nitrogens with zero attached hydrogens (tertiary/aromatic N) is 1. The van der Waals surface area contributed by atoms with E-state index in [-0.39, 0.29) is 16.5 Å². The first-order valence-electron chi connectivity index (χ1n) is 6.09. The van der Waals surface area contributed by atoms with Crippen molar-refractivity contribution in [3.8, 4) is 0 Å². The summed E-state index contributed by atoms with van der Waals surface area (Å²) >= 11 is 2.51. The van der Waals surface area contributed by atoms with Crippen molar-refractivity contribution in [2.24, 2.45) is 0 Å². The molecule has 1 amide bonds. The molecule has 0 unspecified atom stereocenters. The molecule has 2 rings (SSSR count). The molecule has 2 aromatic rings. The van der Waals surface area contributed by atoms with Crippen LogP contribution in [0.15, 0.2) is 16.0 Å². The Morgan fingerprint density at radius 1 is 1.48 bits per heavy atom. The molecule has 6 nitrogen and oxygen atoms in total. The summed E-state index contributed by atoms with van der Waals surface area (Å²) in [5, 5.41) is 17.1. The number of nitrogens with one attached hydrogen (secondary N) is 1. The Morgan fingerprint density at radius 3 is 2.86 bits per heavy atom. The average molecular weight is 326 g/mol. The SMILES string of the molecule is Cc1noc(C)c1CSCC(=O)Nc1ccsc1C(=O)O. The fraction of sp³-hybridized carbons (Fsp3) is 0.308. The number of amides is 1. The number of carbonyl (C=O) groups is 2. The Bertz CT molecular complexity index is 643. The topological polar surface area (TPSA) is 92.4 Å². The molecule has 0 spiro atoms. The van der Waals surface area contributed by atoms with E-state index in [0.717, 1.165) is 28.4 Å². The van der Waals surface area contributed by atoms with E-state index >= 15 is 0 Å². The highest BCUT2D eigenvalue weighted by atomic mass is 32.2. The van der Waals surface area contributed by atoms with E-state index in [0.29, 0.717) is 11.4 Å². The molecule has 0 saturated carbocycles. The van der Waals surface area contributed by atoms with E-state index in [4.69, 9.17) is 9.63 Å². The van der Waals surface area contributed by atoms with Crippen LogP contribution in [0.2, 0.25) is 0 Å². The number of carbonyl (C=O) groups excluding carboxylic acids is 1. The summed E-state index contributed by atoms with van der Waals surface area (Å²) in [7, 11) is 0. The first-order valence-corrected chi connectivity index (χ1v) is 8.12. The molecule has 0 aliphatic rings. The van der Waals surface area contributed by atoms with Crippen molar-refractivity contribution in [3.05, 3.63) is 33.3 Å². The van der Waals surface area contributed by atoms with Gasteiger partial charge in [-0.1, -0.05) is 5.16 Å². The van der Waals surface area contributed by atoms with Gasteiger partial charge in [-0.15, -0.1) is 23.1 Å². The second-order valence-corrected chi connectivity index (χ2v) is 6.21. The van der Waals surface area contributed by atoms with Gasteiger partial charge in [0.1, 0.15) is 10.6 Å². The smallest absolute Gasteiger partial charge is 0.348 e. The van der Waals surface area contributed by atoms with Crippen LogP contribution in [0.4, 0.5) is 5.69 Å². The maximum absolute atomic E-state index is 11.8. The molecule has 0 bridgehead atoms. The van der Waals surface area contributed by atoms with E-state index in [2.05, 4.69) is 10.5 Å². The third kappa shape index (κ3) is 3.85. The van der Waals surface area contributed by atoms with E-state index in [9.17, 15) is 9.59 Å². The molecule has 2 N–H and O–H groups in total. The maximum atomic E-state index is 11.8. The van der Waals surface area contributed by atoms with Gasteiger partial charge in [-0.3, -0.25) is 4.79 Å². The van der Waals surface area contributed by atoms with Gasteiger partial charge in [0.15, 0.2) is 0 Å². The Morgan fingerprint density at radius 2 is 2.24 bits per heavy atom. The van der Waals surface area contributed by atoms with Crippen LogP contribution in [0.1, 0.15) is 26.7 Å². The summed E-state index contributed by atoms with van der Waals surface area (Å²) in [6, 6.07) is 1.59. The molecule has 0 aliphatic heterocycles. The highest BCUT2D eigenvalue weighted by Gasteiger charge is 2.14. The van der Waals surface area contributed by atoms with Crippen LogP contribution in [-0.2, 0) is 10.5 Å². The number of aryl methyl sites for hydroxylation is 2. The number of carboxylic acid groups (broad SMARTS) is 1. The lowest BCUT2D eigenvalue weighted by Gasteiger charge is -2.04. The minimum Gasteiger partial charge on any atom is -0.477 e. The van der Waals surface area contributed by atoms with E-state index in [1.165, 1.54) is 11.8 Å². The number of aromatic nitrogens is 1. The maximum Gasteiger partial charge on any atom is 0.348 e. The van der Waals surface area contributed by atoms with Gasteiger partial charge in [-0.05, 0) is 25.3 Å². The first-order chi connectivity index (χ1) is 9.99. The standard InChI is InChI=1S/C13H14N2O4S2/c1-7-9(8(2)19-15-7)5-20-6-11(16)14-10-3-4-21-12(10)13(17)18/h3-4H,5-6H2,1-2H3,(H,14,16)(H,17,18). The second kappa shape index (κ2) is 6.77. The van der Waals surface area contributed by atoms with E-state index in [1.807, 2.05) is 13.8 Å². The molecule has 0 atom stereocenters. The molecule has 2 aromatic heterocycles. The number of carboxylic acids is 1. The molecule has 2 heterocycles. The fourth-order valence-electron chi connectivity index (χ4n) is 1.71. The zero-order valence-electron chi connectivity index (χ0n) is 11.5. The summed E-state index contributed by atoms with van der Waals surface area (Å²) in [4.78, 5) is 22.9. The van der Waals surface area contributed by atoms with Gasteiger partial charge in [-0.25, -0.2) is 4.79 Å².